The first kappa shape index (κ1) is 19.5. The monoisotopic (exact) mass is 417 g/mol. The first-order chi connectivity index (χ1) is 15.3. The molecule has 159 valence electrons. The van der Waals surface area contributed by atoms with E-state index < -0.39 is 0 Å². The maximum Gasteiger partial charge on any atom is 0.229 e. The molecular formula is C22H25N8O. The number of aryl methyl sites for hydroxylation is 1. The Morgan fingerprint density at radius 1 is 1.10 bits per heavy atom. The highest BCUT2D eigenvalue weighted by atomic mass is 16.5. The fourth-order valence-corrected chi connectivity index (χ4v) is 3.73. The van der Waals surface area contributed by atoms with Gasteiger partial charge in [0.25, 0.3) is 0 Å². The lowest BCUT2D eigenvalue weighted by atomic mass is 10.2. The van der Waals surface area contributed by atoms with Gasteiger partial charge < -0.3 is 15.0 Å². The van der Waals surface area contributed by atoms with Crippen LogP contribution in [0.15, 0.2) is 49.1 Å². The second kappa shape index (κ2) is 8.73. The van der Waals surface area contributed by atoms with Gasteiger partial charge in [0.05, 0.1) is 43.2 Å². The molecule has 4 heterocycles. The lowest BCUT2D eigenvalue weighted by Gasteiger charge is -2.29. The smallest absolute Gasteiger partial charge is 0.229 e. The van der Waals surface area contributed by atoms with Crippen LogP contribution in [0.2, 0.25) is 0 Å². The molecule has 9 heteroatoms. The highest BCUT2D eigenvalue weighted by Gasteiger charge is 2.13. The number of benzene rings is 1. The SMILES string of the molecule is [CH2]CCn1cc(Nc2ncc3cnn(Cc4cccc(N5CCOCC5)c4)c3n2)cn1. The van der Waals surface area contributed by atoms with Crippen LogP contribution in [0.25, 0.3) is 11.0 Å². The molecule has 1 aliphatic rings. The number of rotatable bonds is 7. The van der Waals surface area contributed by atoms with Gasteiger partial charge in [-0.25, -0.2) is 9.67 Å². The second-order valence-electron chi connectivity index (χ2n) is 7.51. The molecule has 1 aliphatic heterocycles. The summed E-state index contributed by atoms with van der Waals surface area (Å²) in [5, 5.41) is 13.0. The van der Waals surface area contributed by atoms with Crippen molar-refractivity contribution in [1.29, 1.82) is 0 Å². The fourth-order valence-electron chi connectivity index (χ4n) is 3.73. The van der Waals surface area contributed by atoms with Crippen molar-refractivity contribution in [2.45, 2.75) is 19.5 Å². The molecule has 0 unspecified atom stereocenters. The number of nitrogens with zero attached hydrogens (tertiary/aromatic N) is 7. The predicted octanol–water partition coefficient (Wildman–Crippen LogP) is 2.88. The summed E-state index contributed by atoms with van der Waals surface area (Å²) in [6.45, 7) is 8.65. The summed E-state index contributed by atoms with van der Waals surface area (Å²) in [5.74, 6) is 0.519. The van der Waals surface area contributed by atoms with E-state index >= 15 is 0 Å². The Bertz CT molecular complexity index is 1160. The second-order valence-corrected chi connectivity index (χ2v) is 7.51. The third-order valence-electron chi connectivity index (χ3n) is 5.27. The zero-order chi connectivity index (χ0) is 21.0. The molecule has 5 rings (SSSR count). The van der Waals surface area contributed by atoms with Gasteiger partial charge in [0.2, 0.25) is 5.95 Å². The predicted molar refractivity (Wildman–Crippen MR) is 119 cm³/mol. The number of aromatic nitrogens is 6. The van der Waals surface area contributed by atoms with Gasteiger partial charge in [-0.1, -0.05) is 19.1 Å². The van der Waals surface area contributed by atoms with Crippen LogP contribution in [0.5, 0.6) is 0 Å². The van der Waals surface area contributed by atoms with Crippen LogP contribution < -0.4 is 10.2 Å². The maximum atomic E-state index is 5.47. The molecular weight excluding hydrogens is 392 g/mol. The number of ether oxygens (including phenoxy) is 1. The summed E-state index contributed by atoms with van der Waals surface area (Å²) in [6, 6.07) is 8.58. The quantitative estimate of drug-likeness (QED) is 0.495. The van der Waals surface area contributed by atoms with E-state index in [1.54, 1.807) is 18.6 Å². The van der Waals surface area contributed by atoms with Crippen LogP contribution in [-0.2, 0) is 17.8 Å². The van der Waals surface area contributed by atoms with E-state index in [0.717, 1.165) is 56.0 Å². The third-order valence-corrected chi connectivity index (χ3v) is 5.27. The Morgan fingerprint density at radius 2 is 2.00 bits per heavy atom. The lowest BCUT2D eigenvalue weighted by molar-refractivity contribution is 0.122. The van der Waals surface area contributed by atoms with E-state index in [9.17, 15) is 0 Å². The van der Waals surface area contributed by atoms with Gasteiger partial charge in [-0.15, -0.1) is 0 Å². The topological polar surface area (TPSA) is 85.9 Å². The molecule has 9 nitrogen and oxygen atoms in total. The van der Waals surface area contributed by atoms with Gasteiger partial charge in [0.1, 0.15) is 0 Å². The first-order valence-corrected chi connectivity index (χ1v) is 10.5. The van der Waals surface area contributed by atoms with Gasteiger partial charge in [-0.3, -0.25) is 4.68 Å². The van der Waals surface area contributed by atoms with Crippen LogP contribution in [0, 0.1) is 6.92 Å². The highest BCUT2D eigenvalue weighted by molar-refractivity contribution is 5.75. The summed E-state index contributed by atoms with van der Waals surface area (Å²) in [5.41, 5.74) is 4.03. The fraction of sp³-hybridized carbons (Fsp3) is 0.318. The summed E-state index contributed by atoms with van der Waals surface area (Å²) < 4.78 is 9.22. The molecule has 3 aromatic heterocycles. The van der Waals surface area contributed by atoms with Gasteiger partial charge in [0.15, 0.2) is 5.65 Å². The molecule has 1 N–H and O–H groups in total. The summed E-state index contributed by atoms with van der Waals surface area (Å²) in [4.78, 5) is 11.5. The molecule has 0 amide bonds. The molecule has 1 aromatic carbocycles. The van der Waals surface area contributed by atoms with E-state index in [0.29, 0.717) is 12.5 Å². The van der Waals surface area contributed by atoms with E-state index in [2.05, 4.69) is 56.6 Å². The Kier molecular flexibility index (Phi) is 5.49. The standard InChI is InChI=1S/C22H25N8O/c1-2-6-29-16-19(14-24-29)26-22-23-12-18-13-25-30(21(18)27-22)15-17-4-3-5-20(11-17)28-7-9-31-10-8-28/h3-5,11-14,16H,1-2,6-10,15H2,(H,23,26,27). The normalized spacial score (nSPS) is 14.3. The Balaban J connectivity index is 1.36. The van der Waals surface area contributed by atoms with Crippen LogP contribution in [0.4, 0.5) is 17.3 Å². The molecule has 0 aliphatic carbocycles. The molecule has 0 saturated carbocycles. The van der Waals surface area contributed by atoms with Crippen molar-refractivity contribution in [2.75, 3.05) is 36.5 Å². The number of nitrogens with one attached hydrogen (secondary N) is 1. The van der Waals surface area contributed by atoms with Crippen LogP contribution in [0.3, 0.4) is 0 Å². The number of fused-ring (bicyclic) bond motifs is 1. The van der Waals surface area contributed by atoms with Crippen molar-refractivity contribution >= 4 is 28.4 Å². The van der Waals surface area contributed by atoms with Crippen molar-refractivity contribution in [3.8, 4) is 0 Å². The van der Waals surface area contributed by atoms with Crippen molar-refractivity contribution in [3.05, 3.63) is 61.5 Å². The van der Waals surface area contributed by atoms with Crippen molar-refractivity contribution < 1.29 is 4.74 Å². The minimum absolute atomic E-state index is 0.519. The maximum absolute atomic E-state index is 5.47. The average Bonchev–Trinajstić information content (AvgIpc) is 3.42. The number of hydrogen-bond acceptors (Lipinski definition) is 7. The summed E-state index contributed by atoms with van der Waals surface area (Å²) in [6.07, 6.45) is 8.07. The van der Waals surface area contributed by atoms with E-state index in [1.807, 2.05) is 15.6 Å². The molecule has 0 atom stereocenters. The Hall–Kier alpha value is -3.46. The van der Waals surface area contributed by atoms with E-state index in [4.69, 9.17) is 9.72 Å². The number of anilines is 3. The molecule has 1 radical (unpaired) electrons. The van der Waals surface area contributed by atoms with Crippen LogP contribution in [0.1, 0.15) is 12.0 Å². The zero-order valence-electron chi connectivity index (χ0n) is 17.3. The van der Waals surface area contributed by atoms with E-state index in [-0.39, 0.29) is 0 Å². The lowest BCUT2D eigenvalue weighted by Crippen LogP contribution is -2.36. The van der Waals surface area contributed by atoms with Crippen LogP contribution >= 0.6 is 0 Å². The van der Waals surface area contributed by atoms with Gasteiger partial charge in [-0.2, -0.15) is 15.2 Å². The van der Waals surface area contributed by atoms with Crippen molar-refractivity contribution in [2.24, 2.45) is 0 Å². The third kappa shape index (κ3) is 4.36. The van der Waals surface area contributed by atoms with Crippen molar-refractivity contribution in [3.63, 3.8) is 0 Å². The highest BCUT2D eigenvalue weighted by Crippen LogP contribution is 2.20. The van der Waals surface area contributed by atoms with Gasteiger partial charge in [-0.05, 0) is 24.1 Å². The molecule has 1 fully saturated rings. The molecule has 0 spiro atoms. The molecule has 1 saturated heterocycles. The molecule has 4 aromatic rings. The largest absolute Gasteiger partial charge is 0.378 e. The first-order valence-electron chi connectivity index (χ1n) is 10.5. The summed E-state index contributed by atoms with van der Waals surface area (Å²) >= 11 is 0. The molecule has 31 heavy (non-hydrogen) atoms. The van der Waals surface area contributed by atoms with Gasteiger partial charge >= 0.3 is 0 Å². The minimum Gasteiger partial charge on any atom is -0.378 e. The Labute approximate surface area is 180 Å². The number of morpholine rings is 1. The van der Waals surface area contributed by atoms with Crippen molar-refractivity contribution in [1.82, 2.24) is 29.5 Å². The van der Waals surface area contributed by atoms with E-state index in [1.165, 1.54) is 11.3 Å². The molecule has 0 bridgehead atoms. The van der Waals surface area contributed by atoms with Crippen LogP contribution in [-0.4, -0.2) is 55.8 Å². The minimum atomic E-state index is 0.519. The zero-order valence-corrected chi connectivity index (χ0v) is 17.3. The number of hydrogen-bond donors (Lipinski definition) is 1. The average molecular weight is 417 g/mol. The van der Waals surface area contributed by atoms with Gasteiger partial charge in [0, 0.05) is 37.7 Å². The summed E-state index contributed by atoms with van der Waals surface area (Å²) in [7, 11) is 0. The Morgan fingerprint density at radius 3 is 2.87 bits per heavy atom.